The maximum Gasteiger partial charge on any atom is 0.342 e. The Labute approximate surface area is 163 Å². The zero-order valence-electron chi connectivity index (χ0n) is 15.2. The topological polar surface area (TPSA) is 103 Å². The van der Waals surface area contributed by atoms with Gasteiger partial charge in [0.2, 0.25) is 0 Å². The number of carbonyl (C=O) groups excluding carboxylic acids is 2. The molecule has 0 fully saturated rings. The van der Waals surface area contributed by atoms with Gasteiger partial charge in [0.1, 0.15) is 17.1 Å². The summed E-state index contributed by atoms with van der Waals surface area (Å²) in [5, 5.41) is 17.4. The van der Waals surface area contributed by atoms with E-state index in [-0.39, 0.29) is 31.5 Å². The fourth-order valence-electron chi connectivity index (χ4n) is 2.37. The maximum atomic E-state index is 12.4. The molecule has 2 aromatic carbocycles. The van der Waals surface area contributed by atoms with Crippen molar-refractivity contribution in [3.63, 3.8) is 0 Å². The lowest BCUT2D eigenvalue weighted by atomic mass is 10.2. The number of para-hydroxylation sites is 2. The Hall–Kier alpha value is -3.84. The van der Waals surface area contributed by atoms with E-state index in [1.807, 2.05) is 30.3 Å². The summed E-state index contributed by atoms with van der Waals surface area (Å²) >= 11 is 0. The van der Waals surface area contributed by atoms with Crippen LogP contribution >= 0.6 is 0 Å². The lowest BCUT2D eigenvalue weighted by Crippen LogP contribution is -2.36. The zero-order valence-corrected chi connectivity index (χ0v) is 15.2. The van der Waals surface area contributed by atoms with Crippen molar-refractivity contribution in [2.45, 2.75) is 12.8 Å². The summed E-state index contributed by atoms with van der Waals surface area (Å²) in [5.74, 6) is -0.268. The molecule has 1 amide bonds. The van der Waals surface area contributed by atoms with Gasteiger partial charge in [-0.05, 0) is 24.3 Å². The number of hydrogen-bond acceptors (Lipinski definition) is 6. The molecule has 7 nitrogen and oxygen atoms in total. The van der Waals surface area contributed by atoms with Gasteiger partial charge in [0.25, 0.3) is 5.91 Å². The Morgan fingerprint density at radius 3 is 2.14 bits per heavy atom. The van der Waals surface area contributed by atoms with Crippen LogP contribution in [0.1, 0.15) is 23.2 Å². The molecule has 0 saturated carbocycles. The molecular weight excluding hydrogens is 358 g/mol. The highest BCUT2D eigenvalue weighted by molar-refractivity contribution is 5.94. The van der Waals surface area contributed by atoms with Crippen molar-refractivity contribution in [1.29, 1.82) is 10.5 Å². The highest BCUT2D eigenvalue weighted by Crippen LogP contribution is 2.25. The first-order chi connectivity index (χ1) is 13.7. The highest BCUT2D eigenvalue weighted by atomic mass is 16.5. The molecular formula is C21H19N3O4. The van der Waals surface area contributed by atoms with Crippen LogP contribution in [0.5, 0.6) is 11.5 Å². The number of amides is 1. The molecule has 0 unspecified atom stereocenters. The molecule has 0 bridgehead atoms. The van der Waals surface area contributed by atoms with E-state index in [2.05, 4.69) is 0 Å². The average molecular weight is 377 g/mol. The van der Waals surface area contributed by atoms with E-state index < -0.39 is 18.5 Å². The van der Waals surface area contributed by atoms with E-state index in [0.29, 0.717) is 11.5 Å². The van der Waals surface area contributed by atoms with Crippen molar-refractivity contribution < 1.29 is 19.1 Å². The average Bonchev–Trinajstić information content (AvgIpc) is 2.73. The minimum Gasteiger partial charge on any atom is -0.456 e. The molecule has 0 aliphatic heterocycles. The standard InChI is InChI=1S/C21H19N3O4/c22-12-6-14-24(15-7-13-23)20(25)16-27-21(26)18-10-4-5-11-19(18)28-17-8-2-1-3-9-17/h1-5,8-11H,6-7,14-16H2. The molecule has 7 heteroatoms. The van der Waals surface area contributed by atoms with Crippen LogP contribution in [0.25, 0.3) is 0 Å². The van der Waals surface area contributed by atoms with Gasteiger partial charge >= 0.3 is 5.97 Å². The first kappa shape index (κ1) is 20.5. The summed E-state index contributed by atoms with van der Waals surface area (Å²) in [4.78, 5) is 26.0. The van der Waals surface area contributed by atoms with Gasteiger partial charge in [-0.2, -0.15) is 10.5 Å². The first-order valence-corrected chi connectivity index (χ1v) is 8.66. The summed E-state index contributed by atoms with van der Waals surface area (Å²) in [7, 11) is 0. The SMILES string of the molecule is N#CCCN(CCC#N)C(=O)COC(=O)c1ccccc1Oc1ccccc1. The molecule has 0 aliphatic carbocycles. The summed E-state index contributed by atoms with van der Waals surface area (Å²) in [5.41, 5.74) is 0.194. The monoisotopic (exact) mass is 377 g/mol. The quantitative estimate of drug-likeness (QED) is 0.621. The van der Waals surface area contributed by atoms with E-state index in [4.69, 9.17) is 20.0 Å². The zero-order chi connectivity index (χ0) is 20.2. The first-order valence-electron chi connectivity index (χ1n) is 8.66. The van der Waals surface area contributed by atoms with Crippen LogP contribution in [0, 0.1) is 22.7 Å². The van der Waals surface area contributed by atoms with Crippen molar-refractivity contribution >= 4 is 11.9 Å². The van der Waals surface area contributed by atoms with Crippen molar-refractivity contribution in [2.75, 3.05) is 19.7 Å². The molecule has 0 heterocycles. The third kappa shape index (κ3) is 6.15. The predicted octanol–water partition coefficient (Wildman–Crippen LogP) is 3.29. The van der Waals surface area contributed by atoms with Gasteiger partial charge in [-0.1, -0.05) is 30.3 Å². The Morgan fingerprint density at radius 1 is 0.893 bits per heavy atom. The van der Waals surface area contributed by atoms with Crippen LogP contribution in [-0.4, -0.2) is 36.5 Å². The van der Waals surface area contributed by atoms with E-state index >= 15 is 0 Å². The van der Waals surface area contributed by atoms with Crippen molar-refractivity contribution in [1.82, 2.24) is 4.90 Å². The predicted molar refractivity (Wildman–Crippen MR) is 100 cm³/mol. The Kier molecular flexibility index (Phi) is 8.04. The molecule has 142 valence electrons. The molecule has 2 rings (SSSR count). The minimum atomic E-state index is -0.694. The van der Waals surface area contributed by atoms with Gasteiger partial charge in [-0.3, -0.25) is 4.79 Å². The van der Waals surface area contributed by atoms with Crippen molar-refractivity contribution in [2.24, 2.45) is 0 Å². The second-order valence-electron chi connectivity index (χ2n) is 5.68. The fraction of sp³-hybridized carbons (Fsp3) is 0.238. The van der Waals surface area contributed by atoms with Crippen LogP contribution < -0.4 is 4.74 Å². The number of ether oxygens (including phenoxy) is 2. The van der Waals surface area contributed by atoms with Gasteiger partial charge < -0.3 is 14.4 Å². The Bertz CT molecular complexity index is 867. The second kappa shape index (κ2) is 11.0. The number of nitriles is 2. The minimum absolute atomic E-state index is 0.138. The number of hydrogen-bond donors (Lipinski definition) is 0. The van der Waals surface area contributed by atoms with Crippen LogP contribution in [0.3, 0.4) is 0 Å². The van der Waals surface area contributed by atoms with E-state index in [0.717, 1.165) is 0 Å². The third-order valence-electron chi connectivity index (χ3n) is 3.74. The lowest BCUT2D eigenvalue weighted by molar-refractivity contribution is -0.134. The van der Waals surface area contributed by atoms with Crippen LogP contribution in [0.15, 0.2) is 54.6 Å². The van der Waals surface area contributed by atoms with E-state index in [1.165, 1.54) is 4.90 Å². The number of benzene rings is 2. The van der Waals surface area contributed by atoms with Gasteiger partial charge in [0.15, 0.2) is 6.61 Å². The normalized spacial score (nSPS) is 9.64. The molecule has 0 radical (unpaired) electrons. The Balaban J connectivity index is 2.01. The van der Waals surface area contributed by atoms with Gasteiger partial charge in [0, 0.05) is 13.1 Å². The largest absolute Gasteiger partial charge is 0.456 e. The highest BCUT2D eigenvalue weighted by Gasteiger charge is 2.19. The van der Waals surface area contributed by atoms with E-state index in [9.17, 15) is 9.59 Å². The summed E-state index contributed by atoms with van der Waals surface area (Å²) in [6, 6.07) is 19.5. The molecule has 28 heavy (non-hydrogen) atoms. The van der Waals surface area contributed by atoms with E-state index in [1.54, 1.807) is 36.4 Å². The fourth-order valence-corrected chi connectivity index (χ4v) is 2.37. The second-order valence-corrected chi connectivity index (χ2v) is 5.68. The van der Waals surface area contributed by atoms with Crippen molar-refractivity contribution in [3.8, 4) is 23.6 Å². The smallest absolute Gasteiger partial charge is 0.342 e. The molecule has 2 aromatic rings. The summed E-state index contributed by atoms with van der Waals surface area (Å²) in [6.07, 6.45) is 0.276. The molecule has 0 atom stereocenters. The van der Waals surface area contributed by atoms with Crippen LogP contribution in [0.2, 0.25) is 0 Å². The molecule has 0 spiro atoms. The number of rotatable bonds is 9. The number of nitrogens with zero attached hydrogens (tertiary/aromatic N) is 3. The lowest BCUT2D eigenvalue weighted by Gasteiger charge is -2.20. The number of esters is 1. The Morgan fingerprint density at radius 2 is 1.50 bits per heavy atom. The maximum absolute atomic E-state index is 12.4. The van der Waals surface area contributed by atoms with Crippen LogP contribution in [-0.2, 0) is 9.53 Å². The van der Waals surface area contributed by atoms with Gasteiger partial charge in [-0.25, -0.2) is 4.79 Å². The number of carbonyl (C=O) groups is 2. The molecule has 0 N–H and O–H groups in total. The van der Waals surface area contributed by atoms with Crippen LogP contribution in [0.4, 0.5) is 0 Å². The molecule has 0 aromatic heterocycles. The van der Waals surface area contributed by atoms with Crippen molar-refractivity contribution in [3.05, 3.63) is 60.2 Å². The van der Waals surface area contributed by atoms with Gasteiger partial charge in [-0.15, -0.1) is 0 Å². The third-order valence-corrected chi connectivity index (χ3v) is 3.74. The molecule has 0 saturated heterocycles. The summed E-state index contributed by atoms with van der Waals surface area (Å²) in [6.45, 7) is -0.111. The summed E-state index contributed by atoms with van der Waals surface area (Å²) < 4.78 is 10.9. The van der Waals surface area contributed by atoms with Gasteiger partial charge in [0.05, 0.1) is 25.0 Å². The molecule has 0 aliphatic rings.